The number of halogens is 4. The van der Waals surface area contributed by atoms with Gasteiger partial charge in [0.05, 0.1) is 44.8 Å². The molecule has 192 valence electrons. The molecule has 3 rings (SSSR count). The molecule has 0 bridgehead atoms. The van der Waals surface area contributed by atoms with Crippen LogP contribution in [0.4, 0.5) is 11.4 Å². The molecule has 3 aromatic rings. The summed E-state index contributed by atoms with van der Waals surface area (Å²) >= 11 is 23.9. The number of carbonyl (C=O) groups is 3. The molecule has 3 amide bonds. The molecule has 0 aliphatic carbocycles. The topological polar surface area (TPSA) is 118 Å². The lowest BCUT2D eigenvalue weighted by Crippen LogP contribution is -2.32. The van der Waals surface area contributed by atoms with Gasteiger partial charge in [-0.1, -0.05) is 58.5 Å². The van der Waals surface area contributed by atoms with Crippen LogP contribution in [0.5, 0.6) is 11.5 Å². The molecule has 0 spiro atoms. The van der Waals surface area contributed by atoms with Gasteiger partial charge in [-0.05, 0) is 48.0 Å². The molecule has 0 heterocycles. The molecule has 13 heteroatoms. The molecule has 0 atom stereocenters. The van der Waals surface area contributed by atoms with E-state index in [-0.39, 0.29) is 33.1 Å². The molecule has 3 N–H and O–H groups in total. The molecule has 3 aromatic carbocycles. The molecule has 0 fully saturated rings. The van der Waals surface area contributed by atoms with E-state index in [0.29, 0.717) is 22.0 Å². The van der Waals surface area contributed by atoms with Gasteiger partial charge in [0.2, 0.25) is 0 Å². The summed E-state index contributed by atoms with van der Waals surface area (Å²) in [5, 5.41) is 9.57. The van der Waals surface area contributed by atoms with E-state index < -0.39 is 17.7 Å². The van der Waals surface area contributed by atoms with E-state index >= 15 is 0 Å². The number of hydrazone groups is 1. The lowest BCUT2D eigenvalue weighted by Gasteiger charge is -2.12. The van der Waals surface area contributed by atoms with Crippen LogP contribution in [0.2, 0.25) is 20.1 Å². The highest BCUT2D eigenvalue weighted by molar-refractivity contribution is 6.46. The van der Waals surface area contributed by atoms with Crippen molar-refractivity contribution in [2.75, 3.05) is 24.4 Å². The number of hydrogen-bond donors (Lipinski definition) is 3. The number of carbonyl (C=O) groups excluding carboxylic acids is 3. The van der Waals surface area contributed by atoms with Crippen LogP contribution in [-0.2, 0) is 14.4 Å². The summed E-state index contributed by atoms with van der Waals surface area (Å²) in [5.41, 5.74) is 3.16. The number of nitrogens with zero attached hydrogens (tertiary/aromatic N) is 1. The predicted octanol–water partition coefficient (Wildman–Crippen LogP) is 5.42. The van der Waals surface area contributed by atoms with Crippen molar-refractivity contribution in [2.45, 2.75) is 0 Å². The van der Waals surface area contributed by atoms with Crippen LogP contribution in [0.3, 0.4) is 0 Å². The second kappa shape index (κ2) is 13.2. The van der Waals surface area contributed by atoms with Crippen LogP contribution in [-0.4, -0.2) is 37.7 Å². The zero-order valence-electron chi connectivity index (χ0n) is 19.0. The van der Waals surface area contributed by atoms with Crippen molar-refractivity contribution in [1.29, 1.82) is 0 Å². The van der Waals surface area contributed by atoms with Crippen LogP contribution >= 0.6 is 46.4 Å². The number of hydrogen-bond acceptors (Lipinski definition) is 6. The first kappa shape index (κ1) is 28.1. The van der Waals surface area contributed by atoms with Crippen molar-refractivity contribution in [3.63, 3.8) is 0 Å². The number of rotatable bonds is 8. The van der Waals surface area contributed by atoms with Crippen LogP contribution in [0.1, 0.15) is 5.56 Å². The number of methoxy groups -OCH3 is 1. The maximum absolute atomic E-state index is 12.2. The average molecular weight is 584 g/mol. The zero-order chi connectivity index (χ0) is 26.9. The number of benzene rings is 3. The summed E-state index contributed by atoms with van der Waals surface area (Å²) in [4.78, 5) is 36.3. The fraction of sp³-hybridized carbons (Fsp3) is 0.0833. The fourth-order valence-corrected chi connectivity index (χ4v) is 3.50. The van der Waals surface area contributed by atoms with Gasteiger partial charge in [0.15, 0.2) is 18.1 Å². The standard InChI is InChI=1S/C24H18Cl4N4O5/c1-36-19-10-13(11-29-32-24(35)23(34)31-17-7-3-5-15(26)22(17)28)8-9-18(19)37-12-20(33)30-16-6-2-4-14(25)21(16)27/h2-11H,12H2,1H3,(H,30,33)(H,31,34)(H,32,35)/b29-11-. The minimum Gasteiger partial charge on any atom is -0.493 e. The first-order chi connectivity index (χ1) is 17.7. The maximum Gasteiger partial charge on any atom is 0.329 e. The molecular weight excluding hydrogens is 566 g/mol. The Balaban J connectivity index is 1.55. The lowest BCUT2D eigenvalue weighted by atomic mass is 10.2. The molecule has 0 aliphatic heterocycles. The molecule has 0 aromatic heterocycles. The highest BCUT2D eigenvalue weighted by Gasteiger charge is 2.16. The minimum atomic E-state index is -1.02. The molecule has 9 nitrogen and oxygen atoms in total. The summed E-state index contributed by atoms with van der Waals surface area (Å²) in [5.74, 6) is -1.88. The summed E-state index contributed by atoms with van der Waals surface area (Å²) in [7, 11) is 1.42. The summed E-state index contributed by atoms with van der Waals surface area (Å²) in [6.45, 7) is -0.325. The molecular formula is C24H18Cl4N4O5. The van der Waals surface area contributed by atoms with Crippen LogP contribution in [0, 0.1) is 0 Å². The molecule has 0 unspecified atom stereocenters. The Hall–Kier alpha value is -3.50. The highest BCUT2D eigenvalue weighted by atomic mass is 35.5. The van der Waals surface area contributed by atoms with Crippen LogP contribution in [0.15, 0.2) is 59.7 Å². The largest absolute Gasteiger partial charge is 0.493 e. The Morgan fingerprint density at radius 1 is 0.838 bits per heavy atom. The number of nitrogens with one attached hydrogen (secondary N) is 3. The first-order valence-electron chi connectivity index (χ1n) is 10.3. The van der Waals surface area contributed by atoms with Gasteiger partial charge in [-0.2, -0.15) is 5.10 Å². The SMILES string of the molecule is COc1cc(/C=N\NC(=O)C(=O)Nc2cccc(Cl)c2Cl)ccc1OCC(=O)Nc1cccc(Cl)c1Cl. The second-order valence-corrected chi connectivity index (χ2v) is 8.67. The van der Waals surface area contributed by atoms with Gasteiger partial charge in [-0.15, -0.1) is 0 Å². The van der Waals surface area contributed by atoms with Crippen molar-refractivity contribution >= 4 is 81.7 Å². The molecule has 0 saturated carbocycles. The average Bonchev–Trinajstić information content (AvgIpc) is 2.88. The normalized spacial score (nSPS) is 10.6. The van der Waals surface area contributed by atoms with Crippen molar-refractivity contribution in [1.82, 2.24) is 5.43 Å². The zero-order valence-corrected chi connectivity index (χ0v) is 22.0. The Labute approximate surface area is 231 Å². The fourth-order valence-electron chi connectivity index (χ4n) is 2.81. The van der Waals surface area contributed by atoms with Crippen molar-refractivity contribution in [2.24, 2.45) is 5.10 Å². The maximum atomic E-state index is 12.2. The van der Waals surface area contributed by atoms with Gasteiger partial charge in [0.1, 0.15) is 0 Å². The Bertz CT molecular complexity index is 1370. The molecule has 0 radical (unpaired) electrons. The first-order valence-corrected chi connectivity index (χ1v) is 11.8. The number of amides is 3. The Morgan fingerprint density at radius 2 is 1.46 bits per heavy atom. The third-order valence-electron chi connectivity index (χ3n) is 4.56. The van der Waals surface area contributed by atoms with Crippen LogP contribution in [0.25, 0.3) is 0 Å². The van der Waals surface area contributed by atoms with Crippen molar-refractivity contribution < 1.29 is 23.9 Å². The van der Waals surface area contributed by atoms with Gasteiger partial charge in [0, 0.05) is 0 Å². The number of anilines is 2. The second-order valence-electron chi connectivity index (χ2n) is 7.10. The summed E-state index contributed by atoms with van der Waals surface area (Å²) in [6.07, 6.45) is 1.29. The van der Waals surface area contributed by atoms with E-state index in [1.54, 1.807) is 48.5 Å². The van der Waals surface area contributed by atoms with E-state index in [1.807, 2.05) is 0 Å². The lowest BCUT2D eigenvalue weighted by molar-refractivity contribution is -0.136. The predicted molar refractivity (Wildman–Crippen MR) is 144 cm³/mol. The highest BCUT2D eigenvalue weighted by Crippen LogP contribution is 2.31. The van der Waals surface area contributed by atoms with Crippen molar-refractivity contribution in [3.8, 4) is 11.5 Å². The Morgan fingerprint density at radius 3 is 2.08 bits per heavy atom. The monoisotopic (exact) mass is 582 g/mol. The summed E-state index contributed by atoms with van der Waals surface area (Å²) in [6, 6.07) is 14.2. The Kier molecular flexibility index (Phi) is 9.99. The quantitative estimate of drug-likeness (QED) is 0.186. The van der Waals surface area contributed by atoms with E-state index in [2.05, 4.69) is 21.2 Å². The third kappa shape index (κ3) is 7.74. The van der Waals surface area contributed by atoms with E-state index in [1.165, 1.54) is 19.4 Å². The van der Waals surface area contributed by atoms with E-state index in [0.717, 1.165) is 0 Å². The number of ether oxygens (including phenoxy) is 2. The van der Waals surface area contributed by atoms with Crippen molar-refractivity contribution in [3.05, 3.63) is 80.3 Å². The smallest absolute Gasteiger partial charge is 0.329 e. The van der Waals surface area contributed by atoms with Gasteiger partial charge in [0.25, 0.3) is 5.91 Å². The van der Waals surface area contributed by atoms with E-state index in [9.17, 15) is 14.4 Å². The van der Waals surface area contributed by atoms with Gasteiger partial charge in [-0.25, -0.2) is 5.43 Å². The molecule has 0 aliphatic rings. The molecule has 0 saturated heterocycles. The van der Waals surface area contributed by atoms with Gasteiger partial charge in [-0.3, -0.25) is 14.4 Å². The third-order valence-corrected chi connectivity index (χ3v) is 6.20. The summed E-state index contributed by atoms with van der Waals surface area (Å²) < 4.78 is 10.8. The van der Waals surface area contributed by atoms with Gasteiger partial charge < -0.3 is 20.1 Å². The molecule has 37 heavy (non-hydrogen) atoms. The van der Waals surface area contributed by atoms with E-state index in [4.69, 9.17) is 55.9 Å². The minimum absolute atomic E-state index is 0.106. The van der Waals surface area contributed by atoms with Gasteiger partial charge >= 0.3 is 11.8 Å². The van der Waals surface area contributed by atoms with Crippen LogP contribution < -0.4 is 25.5 Å².